The zero-order valence-corrected chi connectivity index (χ0v) is 14.6. The van der Waals surface area contributed by atoms with Crippen LogP contribution in [0.4, 0.5) is 5.69 Å². The van der Waals surface area contributed by atoms with Gasteiger partial charge in [-0.15, -0.1) is 0 Å². The maximum Gasteiger partial charge on any atom is 0.226 e. The summed E-state index contributed by atoms with van der Waals surface area (Å²) < 4.78 is 11.0. The van der Waals surface area contributed by atoms with Crippen molar-refractivity contribution in [2.24, 2.45) is 0 Å². The fourth-order valence-electron chi connectivity index (χ4n) is 3.02. The Labute approximate surface area is 148 Å². The molecule has 0 atom stereocenters. The summed E-state index contributed by atoms with van der Waals surface area (Å²) in [5.74, 6) is 1.82. The lowest BCUT2D eigenvalue weighted by molar-refractivity contribution is -0.132. The molecule has 0 bridgehead atoms. The third kappa shape index (κ3) is 4.44. The predicted octanol–water partition coefficient (Wildman–Crippen LogP) is 2.81. The standard InChI is InChI=1S/C20H24N2O3/c1-24-19-10-6-5-9-18(19)21-12-14-22(15-13-21)20(23)11-16-25-17-7-3-2-4-8-17/h2-10H,11-16H2,1H3. The van der Waals surface area contributed by atoms with Gasteiger partial charge in [0, 0.05) is 26.2 Å². The molecule has 1 heterocycles. The molecule has 1 aliphatic heterocycles. The van der Waals surface area contributed by atoms with Gasteiger partial charge in [0.05, 0.1) is 25.8 Å². The average Bonchev–Trinajstić information content (AvgIpc) is 2.69. The summed E-state index contributed by atoms with van der Waals surface area (Å²) in [5.41, 5.74) is 1.09. The van der Waals surface area contributed by atoms with Crippen LogP contribution in [0.25, 0.3) is 0 Å². The van der Waals surface area contributed by atoms with Gasteiger partial charge in [-0.2, -0.15) is 0 Å². The SMILES string of the molecule is COc1ccccc1N1CCN(C(=O)CCOc2ccccc2)CC1. The van der Waals surface area contributed by atoms with Gasteiger partial charge in [0.2, 0.25) is 5.91 Å². The second-order valence-corrected chi connectivity index (χ2v) is 5.95. The molecule has 0 N–H and O–H groups in total. The Balaban J connectivity index is 1.46. The number of carbonyl (C=O) groups is 1. The van der Waals surface area contributed by atoms with E-state index in [0.717, 1.165) is 43.4 Å². The summed E-state index contributed by atoms with van der Waals surface area (Å²) in [4.78, 5) is 16.5. The Morgan fingerprint density at radius 1 is 0.960 bits per heavy atom. The summed E-state index contributed by atoms with van der Waals surface area (Å²) >= 11 is 0. The number of rotatable bonds is 6. The first-order valence-electron chi connectivity index (χ1n) is 8.61. The second kappa shape index (κ2) is 8.42. The van der Waals surface area contributed by atoms with Crippen molar-refractivity contribution >= 4 is 11.6 Å². The molecule has 0 aromatic heterocycles. The minimum Gasteiger partial charge on any atom is -0.495 e. The molecule has 5 heteroatoms. The molecule has 1 amide bonds. The van der Waals surface area contributed by atoms with Gasteiger partial charge in [-0.25, -0.2) is 0 Å². The first-order valence-corrected chi connectivity index (χ1v) is 8.61. The molecule has 5 nitrogen and oxygen atoms in total. The summed E-state index contributed by atoms with van der Waals surface area (Å²) in [7, 11) is 1.69. The van der Waals surface area contributed by atoms with Crippen LogP contribution in [0.15, 0.2) is 54.6 Å². The van der Waals surface area contributed by atoms with Gasteiger partial charge in [0.25, 0.3) is 0 Å². The molecule has 0 aliphatic carbocycles. The van der Waals surface area contributed by atoms with Crippen LogP contribution in [0.3, 0.4) is 0 Å². The first-order chi connectivity index (χ1) is 12.3. The van der Waals surface area contributed by atoms with E-state index in [-0.39, 0.29) is 5.91 Å². The third-order valence-corrected chi connectivity index (χ3v) is 4.39. The topological polar surface area (TPSA) is 42.0 Å². The molecule has 25 heavy (non-hydrogen) atoms. The number of para-hydroxylation sites is 3. The van der Waals surface area contributed by atoms with Crippen molar-refractivity contribution in [3.05, 3.63) is 54.6 Å². The maximum atomic E-state index is 12.4. The highest BCUT2D eigenvalue weighted by Gasteiger charge is 2.22. The lowest BCUT2D eigenvalue weighted by atomic mass is 10.2. The number of amides is 1. The third-order valence-electron chi connectivity index (χ3n) is 4.39. The number of anilines is 1. The van der Waals surface area contributed by atoms with Crippen LogP contribution in [0.1, 0.15) is 6.42 Å². The zero-order valence-electron chi connectivity index (χ0n) is 14.6. The van der Waals surface area contributed by atoms with E-state index in [4.69, 9.17) is 9.47 Å². The molecular weight excluding hydrogens is 316 g/mol. The Kier molecular flexibility index (Phi) is 5.77. The number of piperazine rings is 1. The highest BCUT2D eigenvalue weighted by molar-refractivity contribution is 5.76. The highest BCUT2D eigenvalue weighted by atomic mass is 16.5. The fourth-order valence-corrected chi connectivity index (χ4v) is 3.02. The second-order valence-electron chi connectivity index (χ2n) is 5.95. The molecule has 1 aliphatic rings. The number of carbonyl (C=O) groups excluding carboxylic acids is 1. The van der Waals surface area contributed by atoms with Crippen molar-refractivity contribution < 1.29 is 14.3 Å². The number of benzene rings is 2. The van der Waals surface area contributed by atoms with Crippen molar-refractivity contribution in [1.82, 2.24) is 4.90 Å². The van der Waals surface area contributed by atoms with Crippen LogP contribution >= 0.6 is 0 Å². The highest BCUT2D eigenvalue weighted by Crippen LogP contribution is 2.28. The van der Waals surface area contributed by atoms with Crippen LogP contribution in [0.2, 0.25) is 0 Å². The van der Waals surface area contributed by atoms with E-state index < -0.39 is 0 Å². The van der Waals surface area contributed by atoms with Gasteiger partial charge >= 0.3 is 0 Å². The van der Waals surface area contributed by atoms with Crippen LogP contribution in [0.5, 0.6) is 11.5 Å². The van der Waals surface area contributed by atoms with Crippen LogP contribution in [-0.2, 0) is 4.79 Å². The average molecular weight is 340 g/mol. The van der Waals surface area contributed by atoms with E-state index in [1.54, 1.807) is 7.11 Å². The lowest BCUT2D eigenvalue weighted by Gasteiger charge is -2.36. The molecule has 3 rings (SSSR count). The Morgan fingerprint density at radius 2 is 1.64 bits per heavy atom. The summed E-state index contributed by atoms with van der Waals surface area (Å²) in [6.07, 6.45) is 0.406. The molecule has 132 valence electrons. The molecule has 0 spiro atoms. The number of nitrogens with zero attached hydrogens (tertiary/aromatic N) is 2. The van der Waals surface area contributed by atoms with E-state index >= 15 is 0 Å². The summed E-state index contributed by atoms with van der Waals surface area (Å²) in [5, 5.41) is 0. The molecular formula is C20H24N2O3. The number of ether oxygens (including phenoxy) is 2. The van der Waals surface area contributed by atoms with E-state index in [1.807, 2.05) is 53.4 Å². The quantitative estimate of drug-likeness (QED) is 0.811. The van der Waals surface area contributed by atoms with Gasteiger partial charge < -0.3 is 19.3 Å². The molecule has 1 fully saturated rings. The van der Waals surface area contributed by atoms with Crippen LogP contribution in [0, 0.1) is 0 Å². The number of methoxy groups -OCH3 is 1. The normalized spacial score (nSPS) is 14.3. The Morgan fingerprint density at radius 3 is 2.36 bits per heavy atom. The van der Waals surface area contributed by atoms with E-state index in [2.05, 4.69) is 11.0 Å². The van der Waals surface area contributed by atoms with E-state index in [1.165, 1.54) is 0 Å². The largest absolute Gasteiger partial charge is 0.495 e. The fraction of sp³-hybridized carbons (Fsp3) is 0.350. The summed E-state index contributed by atoms with van der Waals surface area (Å²) in [6, 6.07) is 17.6. The van der Waals surface area contributed by atoms with Crippen molar-refractivity contribution in [2.75, 3.05) is 44.8 Å². The van der Waals surface area contributed by atoms with Gasteiger partial charge in [0.15, 0.2) is 0 Å². The van der Waals surface area contributed by atoms with Crippen LogP contribution in [-0.4, -0.2) is 50.7 Å². The van der Waals surface area contributed by atoms with Crippen molar-refractivity contribution in [2.45, 2.75) is 6.42 Å². The molecule has 0 unspecified atom stereocenters. The first kappa shape index (κ1) is 17.1. The molecule has 0 saturated carbocycles. The van der Waals surface area contributed by atoms with Crippen molar-refractivity contribution in [3.63, 3.8) is 0 Å². The molecule has 2 aromatic rings. The minimum atomic E-state index is 0.149. The monoisotopic (exact) mass is 340 g/mol. The van der Waals surface area contributed by atoms with Crippen molar-refractivity contribution in [3.8, 4) is 11.5 Å². The van der Waals surface area contributed by atoms with Crippen molar-refractivity contribution in [1.29, 1.82) is 0 Å². The predicted molar refractivity (Wildman–Crippen MR) is 98.3 cm³/mol. The smallest absolute Gasteiger partial charge is 0.226 e. The molecule has 1 saturated heterocycles. The maximum absolute atomic E-state index is 12.4. The zero-order chi connectivity index (χ0) is 17.5. The minimum absolute atomic E-state index is 0.149. The van der Waals surface area contributed by atoms with Gasteiger partial charge in [-0.3, -0.25) is 4.79 Å². The van der Waals surface area contributed by atoms with Gasteiger partial charge in [-0.05, 0) is 24.3 Å². The Bertz CT molecular complexity index is 682. The van der Waals surface area contributed by atoms with Gasteiger partial charge in [-0.1, -0.05) is 30.3 Å². The Hall–Kier alpha value is -2.69. The molecule has 0 radical (unpaired) electrons. The number of hydrogen-bond donors (Lipinski definition) is 0. The van der Waals surface area contributed by atoms with Crippen LogP contribution < -0.4 is 14.4 Å². The van der Waals surface area contributed by atoms with Gasteiger partial charge in [0.1, 0.15) is 11.5 Å². The van der Waals surface area contributed by atoms with E-state index in [0.29, 0.717) is 13.0 Å². The number of hydrogen-bond acceptors (Lipinski definition) is 4. The molecule has 2 aromatic carbocycles. The van der Waals surface area contributed by atoms with E-state index in [9.17, 15) is 4.79 Å². The summed E-state index contributed by atoms with van der Waals surface area (Å²) in [6.45, 7) is 3.48. The lowest BCUT2D eigenvalue weighted by Crippen LogP contribution is -2.49.